The number of ether oxygens (including phenoxy) is 1. The fourth-order valence-corrected chi connectivity index (χ4v) is 4.65. The highest BCUT2D eigenvalue weighted by Gasteiger charge is 2.44. The third kappa shape index (κ3) is 4.63. The predicted molar refractivity (Wildman–Crippen MR) is 112 cm³/mol. The molecule has 0 bridgehead atoms. The van der Waals surface area contributed by atoms with Crippen LogP contribution in [0.3, 0.4) is 0 Å². The van der Waals surface area contributed by atoms with Crippen molar-refractivity contribution in [1.29, 1.82) is 0 Å². The van der Waals surface area contributed by atoms with Crippen molar-refractivity contribution in [1.82, 2.24) is 20.4 Å². The number of amides is 2. The maximum absolute atomic E-state index is 13.1. The Morgan fingerprint density at radius 1 is 1.10 bits per heavy atom. The van der Waals surface area contributed by atoms with Gasteiger partial charge in [-0.05, 0) is 31.6 Å². The second kappa shape index (κ2) is 8.78. The molecule has 0 spiro atoms. The van der Waals surface area contributed by atoms with Crippen LogP contribution >= 0.6 is 0 Å². The summed E-state index contributed by atoms with van der Waals surface area (Å²) in [6.45, 7) is 2.40. The molecule has 5 rings (SSSR count). The Balaban J connectivity index is 1.34. The molecule has 1 aromatic heterocycles. The number of morpholine rings is 1. The Labute approximate surface area is 181 Å². The van der Waals surface area contributed by atoms with Crippen LogP contribution in [-0.2, 0) is 14.3 Å². The van der Waals surface area contributed by atoms with Gasteiger partial charge in [-0.25, -0.2) is 0 Å². The van der Waals surface area contributed by atoms with Gasteiger partial charge in [-0.15, -0.1) is 0 Å². The third-order valence-corrected chi connectivity index (χ3v) is 6.54. The van der Waals surface area contributed by atoms with Crippen LogP contribution in [0.4, 0.5) is 0 Å². The SMILES string of the molecule is O=C(CC1CC1)N[C@H]1C[C@H](C(=O)N2CCOCC2)C[C@H]1c1nc(-c2ccccc2)no1. The van der Waals surface area contributed by atoms with Gasteiger partial charge in [-0.1, -0.05) is 35.5 Å². The van der Waals surface area contributed by atoms with Crippen LogP contribution in [0.1, 0.15) is 43.9 Å². The van der Waals surface area contributed by atoms with Crippen molar-refractivity contribution in [2.45, 2.75) is 44.1 Å². The molecular formula is C23H28N4O4. The lowest BCUT2D eigenvalue weighted by molar-refractivity contribution is -0.139. The molecule has 164 valence electrons. The first-order valence-corrected chi connectivity index (χ1v) is 11.2. The minimum Gasteiger partial charge on any atom is -0.378 e. The monoisotopic (exact) mass is 424 g/mol. The van der Waals surface area contributed by atoms with Crippen molar-refractivity contribution in [2.75, 3.05) is 26.3 Å². The van der Waals surface area contributed by atoms with Gasteiger partial charge in [-0.2, -0.15) is 4.98 Å². The summed E-state index contributed by atoms with van der Waals surface area (Å²) in [7, 11) is 0. The van der Waals surface area contributed by atoms with Gasteiger partial charge in [-0.3, -0.25) is 9.59 Å². The molecule has 1 N–H and O–H groups in total. The first-order valence-electron chi connectivity index (χ1n) is 11.2. The molecule has 1 aliphatic heterocycles. The molecule has 2 heterocycles. The van der Waals surface area contributed by atoms with Crippen LogP contribution in [0.2, 0.25) is 0 Å². The molecule has 3 aliphatic rings. The first kappa shape index (κ1) is 20.2. The van der Waals surface area contributed by atoms with Crippen molar-refractivity contribution >= 4 is 11.8 Å². The summed E-state index contributed by atoms with van der Waals surface area (Å²) < 4.78 is 11.0. The van der Waals surface area contributed by atoms with Crippen LogP contribution in [0, 0.1) is 11.8 Å². The summed E-state index contributed by atoms with van der Waals surface area (Å²) in [6, 6.07) is 9.49. The van der Waals surface area contributed by atoms with Crippen LogP contribution in [-0.4, -0.2) is 59.2 Å². The molecule has 2 aliphatic carbocycles. The van der Waals surface area contributed by atoms with Crippen molar-refractivity contribution in [3.63, 3.8) is 0 Å². The van der Waals surface area contributed by atoms with E-state index in [1.54, 1.807) is 0 Å². The third-order valence-electron chi connectivity index (χ3n) is 6.54. The predicted octanol–water partition coefficient (Wildman–Crippen LogP) is 2.37. The van der Waals surface area contributed by atoms with E-state index < -0.39 is 0 Å². The normalized spacial score (nSPS) is 26.1. The first-order chi connectivity index (χ1) is 15.2. The van der Waals surface area contributed by atoms with E-state index in [2.05, 4.69) is 15.5 Å². The van der Waals surface area contributed by atoms with Gasteiger partial charge in [0, 0.05) is 37.0 Å². The Hall–Kier alpha value is -2.74. The number of aromatic nitrogens is 2. The Bertz CT molecular complexity index is 921. The minimum absolute atomic E-state index is 0.0553. The van der Waals surface area contributed by atoms with Crippen molar-refractivity contribution in [3.8, 4) is 11.4 Å². The Kier molecular flexibility index (Phi) is 5.72. The van der Waals surface area contributed by atoms with Crippen LogP contribution in [0.15, 0.2) is 34.9 Å². The summed E-state index contributed by atoms with van der Waals surface area (Å²) in [6.07, 6.45) is 4.01. The van der Waals surface area contributed by atoms with E-state index in [-0.39, 0.29) is 29.7 Å². The molecule has 2 amide bonds. The van der Waals surface area contributed by atoms with Crippen molar-refractivity contribution < 1.29 is 18.8 Å². The van der Waals surface area contributed by atoms with Gasteiger partial charge in [0.25, 0.3) is 0 Å². The summed E-state index contributed by atoms with van der Waals surface area (Å²) in [4.78, 5) is 32.2. The zero-order valence-corrected chi connectivity index (χ0v) is 17.5. The number of rotatable bonds is 6. The largest absolute Gasteiger partial charge is 0.378 e. The van der Waals surface area contributed by atoms with Crippen LogP contribution in [0.5, 0.6) is 0 Å². The summed E-state index contributed by atoms with van der Waals surface area (Å²) >= 11 is 0. The second-order valence-electron chi connectivity index (χ2n) is 8.86. The number of carbonyl (C=O) groups excluding carboxylic acids is 2. The van der Waals surface area contributed by atoms with Gasteiger partial charge < -0.3 is 19.5 Å². The average molecular weight is 425 g/mol. The number of hydrogen-bond donors (Lipinski definition) is 1. The molecule has 3 fully saturated rings. The zero-order chi connectivity index (χ0) is 21.2. The van der Waals surface area contributed by atoms with Gasteiger partial charge in [0.1, 0.15) is 0 Å². The van der Waals surface area contributed by atoms with Gasteiger partial charge in [0.15, 0.2) is 0 Å². The molecule has 2 saturated carbocycles. The molecular weight excluding hydrogens is 396 g/mol. The highest BCUT2D eigenvalue weighted by molar-refractivity contribution is 5.80. The van der Waals surface area contributed by atoms with Gasteiger partial charge >= 0.3 is 0 Å². The standard InChI is InChI=1S/C23H28N4O4/c28-20(12-15-6-7-15)24-19-14-17(23(29)27-8-10-30-11-9-27)13-18(19)22-25-21(26-31-22)16-4-2-1-3-5-16/h1-5,15,17-19H,6-14H2,(H,24,28)/t17-,18-,19+/m1/s1. The molecule has 0 radical (unpaired) electrons. The maximum Gasteiger partial charge on any atom is 0.232 e. The number of benzene rings is 1. The lowest BCUT2D eigenvalue weighted by atomic mass is 10.0. The molecule has 1 saturated heterocycles. The highest BCUT2D eigenvalue weighted by atomic mass is 16.5. The smallest absolute Gasteiger partial charge is 0.232 e. The molecule has 2 aromatic rings. The lowest BCUT2D eigenvalue weighted by Gasteiger charge is -2.29. The Morgan fingerprint density at radius 3 is 2.61 bits per heavy atom. The topological polar surface area (TPSA) is 97.6 Å². The Morgan fingerprint density at radius 2 is 1.87 bits per heavy atom. The highest BCUT2D eigenvalue weighted by Crippen LogP contribution is 2.40. The summed E-state index contributed by atoms with van der Waals surface area (Å²) in [5, 5.41) is 7.33. The summed E-state index contributed by atoms with van der Waals surface area (Å²) in [5.74, 6) is 1.40. The van der Waals surface area contributed by atoms with E-state index in [9.17, 15) is 9.59 Å². The van der Waals surface area contributed by atoms with Gasteiger partial charge in [0.05, 0.1) is 19.1 Å². The van der Waals surface area contributed by atoms with E-state index in [4.69, 9.17) is 9.26 Å². The molecule has 31 heavy (non-hydrogen) atoms. The van der Waals surface area contributed by atoms with E-state index >= 15 is 0 Å². The zero-order valence-electron chi connectivity index (χ0n) is 17.5. The van der Waals surface area contributed by atoms with Crippen molar-refractivity contribution in [3.05, 3.63) is 36.2 Å². The van der Waals surface area contributed by atoms with Crippen LogP contribution < -0.4 is 5.32 Å². The van der Waals surface area contributed by atoms with E-state index in [0.29, 0.717) is 63.2 Å². The number of nitrogens with zero attached hydrogens (tertiary/aromatic N) is 3. The van der Waals surface area contributed by atoms with E-state index in [1.807, 2.05) is 35.2 Å². The summed E-state index contributed by atoms with van der Waals surface area (Å²) in [5.41, 5.74) is 0.880. The molecule has 8 nitrogen and oxygen atoms in total. The number of nitrogens with one attached hydrogen (secondary N) is 1. The number of carbonyl (C=O) groups is 2. The van der Waals surface area contributed by atoms with E-state index in [0.717, 1.165) is 18.4 Å². The van der Waals surface area contributed by atoms with Crippen molar-refractivity contribution in [2.24, 2.45) is 11.8 Å². The second-order valence-corrected chi connectivity index (χ2v) is 8.86. The fourth-order valence-electron chi connectivity index (χ4n) is 4.65. The van der Waals surface area contributed by atoms with Gasteiger partial charge in [0.2, 0.25) is 23.5 Å². The molecule has 3 atom stereocenters. The van der Waals surface area contributed by atoms with Crippen LogP contribution in [0.25, 0.3) is 11.4 Å². The minimum atomic E-state index is -0.176. The average Bonchev–Trinajstić information content (AvgIpc) is 3.31. The molecule has 1 aromatic carbocycles. The molecule has 0 unspecified atom stereocenters. The number of hydrogen-bond acceptors (Lipinski definition) is 6. The van der Waals surface area contributed by atoms with E-state index in [1.165, 1.54) is 0 Å². The quantitative estimate of drug-likeness (QED) is 0.765. The molecule has 8 heteroatoms. The lowest BCUT2D eigenvalue weighted by Crippen LogP contribution is -2.43. The fraction of sp³-hybridized carbons (Fsp3) is 0.565. The maximum atomic E-state index is 13.1.